The SMILES string of the molecule is Cn1c(O)c(N=NC(=O)c2ccccc2)c2cc(Br)cc(Br)c21. The molecule has 23 heavy (non-hydrogen) atoms. The number of aryl methyl sites for hydroxylation is 1. The molecule has 3 rings (SSSR count). The Bertz CT molecular complexity index is 934. The Morgan fingerprint density at radius 1 is 1.17 bits per heavy atom. The van der Waals surface area contributed by atoms with E-state index in [4.69, 9.17) is 0 Å². The first kappa shape index (κ1) is 15.9. The number of benzene rings is 2. The predicted octanol–water partition coefficient (Wildman–Crippen LogP) is 5.33. The lowest BCUT2D eigenvalue weighted by molar-refractivity contribution is 0.0995. The van der Waals surface area contributed by atoms with Crippen molar-refractivity contribution in [3.8, 4) is 5.88 Å². The van der Waals surface area contributed by atoms with E-state index in [1.165, 1.54) is 0 Å². The molecule has 0 radical (unpaired) electrons. The molecule has 0 aliphatic heterocycles. The molecule has 7 heteroatoms. The summed E-state index contributed by atoms with van der Waals surface area (Å²) in [5.41, 5.74) is 1.47. The third-order valence-electron chi connectivity index (χ3n) is 3.41. The van der Waals surface area contributed by atoms with Crippen molar-refractivity contribution < 1.29 is 9.90 Å². The van der Waals surface area contributed by atoms with E-state index < -0.39 is 5.91 Å². The lowest BCUT2D eigenvalue weighted by atomic mass is 10.2. The van der Waals surface area contributed by atoms with Gasteiger partial charge in [-0.25, -0.2) is 0 Å². The minimum Gasteiger partial charge on any atom is -0.493 e. The normalized spacial score (nSPS) is 11.4. The van der Waals surface area contributed by atoms with Gasteiger partial charge in [0.25, 0.3) is 5.91 Å². The number of azo groups is 1. The third kappa shape index (κ3) is 2.94. The highest BCUT2D eigenvalue weighted by atomic mass is 79.9. The molecule has 1 N–H and O–H groups in total. The van der Waals surface area contributed by atoms with Gasteiger partial charge in [0.15, 0.2) is 5.69 Å². The van der Waals surface area contributed by atoms with Crippen molar-refractivity contribution in [1.29, 1.82) is 0 Å². The molecule has 0 aliphatic rings. The molecule has 0 atom stereocenters. The number of rotatable bonds is 2. The molecule has 2 aromatic carbocycles. The second-order valence-electron chi connectivity index (χ2n) is 4.89. The first-order valence-corrected chi connectivity index (χ1v) is 8.25. The highest BCUT2D eigenvalue weighted by molar-refractivity contribution is 9.11. The summed E-state index contributed by atoms with van der Waals surface area (Å²) in [6.45, 7) is 0. The van der Waals surface area contributed by atoms with Crippen molar-refractivity contribution in [1.82, 2.24) is 4.57 Å². The van der Waals surface area contributed by atoms with Crippen LogP contribution in [0.15, 0.2) is 61.6 Å². The fourth-order valence-corrected chi connectivity index (χ4v) is 3.80. The summed E-state index contributed by atoms with van der Waals surface area (Å²) in [6, 6.07) is 12.4. The number of aromatic nitrogens is 1. The summed E-state index contributed by atoms with van der Waals surface area (Å²) in [6.07, 6.45) is 0. The van der Waals surface area contributed by atoms with Crippen LogP contribution in [0.5, 0.6) is 5.88 Å². The van der Waals surface area contributed by atoms with Gasteiger partial charge in [0.05, 0.1) is 5.52 Å². The van der Waals surface area contributed by atoms with Gasteiger partial charge in [-0.1, -0.05) is 34.1 Å². The molecule has 5 nitrogen and oxygen atoms in total. The molecule has 3 aromatic rings. The van der Waals surface area contributed by atoms with Crippen LogP contribution in [-0.2, 0) is 7.05 Å². The Balaban J connectivity index is 2.09. The number of carbonyl (C=O) groups excluding carboxylic acids is 1. The number of aromatic hydroxyl groups is 1. The van der Waals surface area contributed by atoms with Gasteiger partial charge in [-0.05, 0) is 40.2 Å². The average molecular weight is 437 g/mol. The molecule has 0 saturated heterocycles. The van der Waals surface area contributed by atoms with Crippen molar-refractivity contribution in [2.75, 3.05) is 0 Å². The van der Waals surface area contributed by atoms with Crippen molar-refractivity contribution in [2.45, 2.75) is 0 Å². The summed E-state index contributed by atoms with van der Waals surface area (Å²) >= 11 is 6.87. The number of fused-ring (bicyclic) bond motifs is 1. The number of nitrogens with zero attached hydrogens (tertiary/aromatic N) is 3. The first-order chi connectivity index (χ1) is 11.0. The van der Waals surface area contributed by atoms with Gasteiger partial charge < -0.3 is 9.67 Å². The average Bonchev–Trinajstić information content (AvgIpc) is 2.77. The predicted molar refractivity (Wildman–Crippen MR) is 95.3 cm³/mol. The maximum atomic E-state index is 12.0. The van der Waals surface area contributed by atoms with E-state index in [-0.39, 0.29) is 11.6 Å². The van der Waals surface area contributed by atoms with Crippen LogP contribution < -0.4 is 0 Å². The van der Waals surface area contributed by atoms with Gasteiger partial charge in [-0.2, -0.15) is 0 Å². The standard InChI is InChI=1S/C16H11Br2N3O2/c1-21-14-11(7-10(17)8-12(14)18)13(16(21)23)19-20-15(22)9-5-3-2-4-6-9/h2-8,23H,1H3. The van der Waals surface area contributed by atoms with Gasteiger partial charge in [-0.3, -0.25) is 4.79 Å². The molecular weight excluding hydrogens is 426 g/mol. The van der Waals surface area contributed by atoms with Crippen LogP contribution in [0.1, 0.15) is 10.4 Å². The molecule has 0 bridgehead atoms. The number of amides is 1. The van der Waals surface area contributed by atoms with Crippen molar-refractivity contribution in [2.24, 2.45) is 17.3 Å². The first-order valence-electron chi connectivity index (χ1n) is 6.66. The summed E-state index contributed by atoms with van der Waals surface area (Å²) in [7, 11) is 1.72. The van der Waals surface area contributed by atoms with E-state index in [0.29, 0.717) is 10.9 Å². The molecule has 0 spiro atoms. The molecule has 0 saturated carbocycles. The van der Waals surface area contributed by atoms with Gasteiger partial charge in [-0.15, -0.1) is 10.2 Å². The minimum atomic E-state index is -0.462. The van der Waals surface area contributed by atoms with E-state index >= 15 is 0 Å². The highest BCUT2D eigenvalue weighted by Gasteiger charge is 2.17. The summed E-state index contributed by atoms with van der Waals surface area (Å²) < 4.78 is 3.22. The van der Waals surface area contributed by atoms with Gasteiger partial charge in [0, 0.05) is 26.9 Å². The summed E-state index contributed by atoms with van der Waals surface area (Å²) in [4.78, 5) is 12.0. The van der Waals surface area contributed by atoms with Crippen molar-refractivity contribution >= 4 is 54.4 Å². The monoisotopic (exact) mass is 435 g/mol. The topological polar surface area (TPSA) is 66.9 Å². The summed E-state index contributed by atoms with van der Waals surface area (Å²) in [5.74, 6) is -0.514. The third-order valence-corrected chi connectivity index (χ3v) is 4.47. The van der Waals surface area contributed by atoms with Crippen LogP contribution in [0.3, 0.4) is 0 Å². The summed E-state index contributed by atoms with van der Waals surface area (Å²) in [5, 5.41) is 18.7. The van der Waals surface area contributed by atoms with Crippen LogP contribution >= 0.6 is 31.9 Å². The second kappa shape index (κ2) is 6.25. The smallest absolute Gasteiger partial charge is 0.295 e. The molecular formula is C16H11Br2N3O2. The number of halogens is 2. The van der Waals surface area contributed by atoms with E-state index in [1.54, 1.807) is 35.9 Å². The van der Waals surface area contributed by atoms with Crippen LogP contribution in [0.2, 0.25) is 0 Å². The maximum Gasteiger partial charge on any atom is 0.295 e. The largest absolute Gasteiger partial charge is 0.493 e. The van der Waals surface area contributed by atoms with E-state index in [2.05, 4.69) is 42.1 Å². The molecule has 116 valence electrons. The number of hydrogen-bond acceptors (Lipinski definition) is 3. The van der Waals surface area contributed by atoms with Crippen LogP contribution in [0.4, 0.5) is 5.69 Å². The van der Waals surface area contributed by atoms with Crippen LogP contribution in [0.25, 0.3) is 10.9 Å². The maximum absolute atomic E-state index is 12.0. The van der Waals surface area contributed by atoms with E-state index in [1.807, 2.05) is 18.2 Å². The Morgan fingerprint density at radius 3 is 2.57 bits per heavy atom. The van der Waals surface area contributed by atoms with Crippen LogP contribution in [-0.4, -0.2) is 15.6 Å². The Morgan fingerprint density at radius 2 is 1.87 bits per heavy atom. The zero-order chi connectivity index (χ0) is 16.6. The Kier molecular flexibility index (Phi) is 4.32. The fourth-order valence-electron chi connectivity index (χ4n) is 2.31. The highest BCUT2D eigenvalue weighted by Crippen LogP contribution is 2.42. The van der Waals surface area contributed by atoms with Crippen molar-refractivity contribution in [3.63, 3.8) is 0 Å². The lowest BCUT2D eigenvalue weighted by Crippen LogP contribution is -1.91. The Hall–Kier alpha value is -1.99. The second-order valence-corrected chi connectivity index (χ2v) is 6.66. The zero-order valence-electron chi connectivity index (χ0n) is 12.0. The van der Waals surface area contributed by atoms with Crippen molar-refractivity contribution in [3.05, 3.63) is 57.0 Å². The number of hydrogen-bond donors (Lipinski definition) is 1. The quantitative estimate of drug-likeness (QED) is 0.551. The minimum absolute atomic E-state index is 0.0524. The molecule has 1 heterocycles. The molecule has 1 amide bonds. The molecule has 0 aliphatic carbocycles. The van der Waals surface area contributed by atoms with Gasteiger partial charge in [0.2, 0.25) is 5.88 Å². The van der Waals surface area contributed by atoms with Gasteiger partial charge in [0.1, 0.15) is 0 Å². The van der Waals surface area contributed by atoms with Gasteiger partial charge >= 0.3 is 0 Å². The zero-order valence-corrected chi connectivity index (χ0v) is 15.2. The van der Waals surface area contributed by atoms with E-state index in [9.17, 15) is 9.90 Å². The molecule has 1 aromatic heterocycles. The molecule has 0 unspecified atom stereocenters. The van der Waals surface area contributed by atoms with E-state index in [0.717, 1.165) is 14.5 Å². The fraction of sp³-hybridized carbons (Fsp3) is 0.0625. The lowest BCUT2D eigenvalue weighted by Gasteiger charge is -2.00. The van der Waals surface area contributed by atoms with Crippen LogP contribution in [0, 0.1) is 0 Å². The molecule has 0 fully saturated rings. The number of carbonyl (C=O) groups is 1. The Labute approximate surface area is 148 Å².